The fourth-order valence-electron chi connectivity index (χ4n) is 3.92. The van der Waals surface area contributed by atoms with Gasteiger partial charge < -0.3 is 15.4 Å². The second-order valence-electron chi connectivity index (χ2n) is 8.18. The highest BCUT2D eigenvalue weighted by atomic mass is 19.4. The first-order chi connectivity index (χ1) is 15.3. The van der Waals surface area contributed by atoms with Gasteiger partial charge in [0.15, 0.2) is 0 Å². The Hall–Kier alpha value is -3.06. The summed E-state index contributed by atoms with van der Waals surface area (Å²) in [4.78, 5) is 13.2. The van der Waals surface area contributed by atoms with Crippen molar-refractivity contribution in [2.45, 2.75) is 31.5 Å². The minimum Gasteiger partial charge on any atom is -0.492 e. The largest absolute Gasteiger partial charge is 0.492 e. The molecule has 0 unspecified atom stereocenters. The number of hydrogen-bond acceptors (Lipinski definition) is 3. The van der Waals surface area contributed by atoms with Crippen molar-refractivity contribution in [1.82, 2.24) is 10.6 Å². The molecule has 0 aliphatic heterocycles. The molecule has 0 heterocycles. The van der Waals surface area contributed by atoms with Gasteiger partial charge in [-0.05, 0) is 53.8 Å². The molecular weight excluding hydrogens is 417 g/mol. The molecule has 1 saturated carbocycles. The van der Waals surface area contributed by atoms with E-state index in [9.17, 15) is 18.0 Å². The zero-order valence-electron chi connectivity index (χ0n) is 17.8. The molecule has 168 valence electrons. The van der Waals surface area contributed by atoms with Gasteiger partial charge in [-0.2, -0.15) is 13.2 Å². The number of fused-ring (bicyclic) bond motifs is 1. The first-order valence-corrected chi connectivity index (χ1v) is 10.6. The molecule has 1 fully saturated rings. The summed E-state index contributed by atoms with van der Waals surface area (Å²) in [5.74, 6) is 0.262. The lowest BCUT2D eigenvalue weighted by Gasteiger charge is -2.21. The number of halogens is 3. The van der Waals surface area contributed by atoms with Crippen LogP contribution in [0.2, 0.25) is 0 Å². The van der Waals surface area contributed by atoms with Crippen molar-refractivity contribution in [2.24, 2.45) is 0 Å². The Bertz CT molecular complexity index is 1120. The van der Waals surface area contributed by atoms with Gasteiger partial charge in [0.2, 0.25) is 0 Å². The van der Waals surface area contributed by atoms with E-state index in [1.165, 1.54) is 0 Å². The first kappa shape index (κ1) is 22.1. The van der Waals surface area contributed by atoms with Gasteiger partial charge >= 0.3 is 6.18 Å². The van der Waals surface area contributed by atoms with Crippen molar-refractivity contribution in [1.29, 1.82) is 0 Å². The number of carbonyl (C=O) groups excluding carboxylic acids is 1. The Morgan fingerprint density at radius 2 is 1.81 bits per heavy atom. The summed E-state index contributed by atoms with van der Waals surface area (Å²) in [6, 6.07) is 19.4. The van der Waals surface area contributed by atoms with Crippen LogP contribution in [-0.4, -0.2) is 31.8 Å². The van der Waals surface area contributed by atoms with Crippen LogP contribution in [0.1, 0.15) is 34.3 Å². The molecule has 0 aromatic heterocycles. The van der Waals surface area contributed by atoms with Gasteiger partial charge in [0.1, 0.15) is 12.4 Å². The van der Waals surface area contributed by atoms with Crippen LogP contribution in [0, 0.1) is 6.92 Å². The maximum absolute atomic E-state index is 13.2. The van der Waals surface area contributed by atoms with Crippen molar-refractivity contribution in [3.05, 3.63) is 77.4 Å². The number of hydrogen-bond donors (Lipinski definition) is 2. The number of aryl methyl sites for hydroxylation is 1. The van der Waals surface area contributed by atoms with Crippen molar-refractivity contribution < 1.29 is 22.7 Å². The molecule has 4 nitrogen and oxygen atoms in total. The molecular formula is C25H25F3N2O2. The third-order valence-corrected chi connectivity index (χ3v) is 5.73. The molecule has 0 bridgehead atoms. The van der Waals surface area contributed by atoms with E-state index in [-0.39, 0.29) is 24.6 Å². The first-order valence-electron chi connectivity index (χ1n) is 10.6. The van der Waals surface area contributed by atoms with E-state index in [0.717, 1.165) is 34.7 Å². The van der Waals surface area contributed by atoms with Crippen molar-refractivity contribution in [2.75, 3.05) is 19.7 Å². The van der Waals surface area contributed by atoms with Crippen molar-refractivity contribution >= 4 is 16.7 Å². The lowest BCUT2D eigenvalue weighted by molar-refractivity contribution is -0.124. The minimum absolute atomic E-state index is 0.0547. The van der Waals surface area contributed by atoms with E-state index >= 15 is 0 Å². The SMILES string of the molecule is Cc1ccc(OCCNCC(F)(F)F)cc1C(=O)NC1(c2cccc3ccccc23)CC1. The number of ether oxygens (including phenoxy) is 1. The van der Waals surface area contributed by atoms with Crippen LogP contribution in [0.15, 0.2) is 60.7 Å². The third-order valence-electron chi connectivity index (χ3n) is 5.73. The zero-order valence-corrected chi connectivity index (χ0v) is 17.8. The molecule has 2 N–H and O–H groups in total. The number of nitrogens with one attached hydrogen (secondary N) is 2. The molecule has 7 heteroatoms. The molecule has 0 spiro atoms. The maximum Gasteiger partial charge on any atom is 0.401 e. The van der Waals surface area contributed by atoms with E-state index in [1.807, 2.05) is 25.1 Å². The van der Waals surface area contributed by atoms with Gasteiger partial charge in [-0.15, -0.1) is 0 Å². The Kier molecular flexibility index (Phi) is 6.11. The third kappa shape index (κ3) is 5.05. The number of alkyl halides is 3. The number of benzene rings is 3. The molecule has 0 atom stereocenters. The fraction of sp³-hybridized carbons (Fsp3) is 0.320. The summed E-state index contributed by atoms with van der Waals surface area (Å²) < 4.78 is 42.1. The van der Waals surface area contributed by atoms with E-state index in [1.54, 1.807) is 18.2 Å². The Balaban J connectivity index is 1.45. The van der Waals surface area contributed by atoms with Gasteiger partial charge in [-0.3, -0.25) is 4.79 Å². The van der Waals surface area contributed by atoms with Crippen LogP contribution in [0.4, 0.5) is 13.2 Å². The molecule has 0 saturated heterocycles. The average molecular weight is 442 g/mol. The van der Waals surface area contributed by atoms with Gasteiger partial charge in [0.25, 0.3) is 5.91 Å². The molecule has 32 heavy (non-hydrogen) atoms. The smallest absolute Gasteiger partial charge is 0.401 e. The number of rotatable bonds is 8. The van der Waals surface area contributed by atoms with E-state index in [2.05, 4.69) is 34.9 Å². The van der Waals surface area contributed by atoms with Gasteiger partial charge in [0.05, 0.1) is 12.1 Å². The van der Waals surface area contributed by atoms with E-state index < -0.39 is 12.7 Å². The highest BCUT2D eigenvalue weighted by Gasteiger charge is 2.46. The quantitative estimate of drug-likeness (QED) is 0.478. The van der Waals surface area contributed by atoms with Crippen LogP contribution in [-0.2, 0) is 5.54 Å². The standard InChI is InChI=1S/C25H25F3N2O2/c1-17-9-10-19(32-14-13-29-16-25(26,27)28)15-21(17)23(31)30-24(11-12-24)22-8-4-6-18-5-2-3-7-20(18)22/h2-10,15,29H,11-14,16H2,1H3,(H,30,31). The molecule has 1 aliphatic rings. The Labute approximate surface area is 184 Å². The van der Waals surface area contributed by atoms with Gasteiger partial charge in [-0.25, -0.2) is 0 Å². The topological polar surface area (TPSA) is 50.4 Å². The Morgan fingerprint density at radius 3 is 2.56 bits per heavy atom. The molecule has 0 radical (unpaired) electrons. The fourth-order valence-corrected chi connectivity index (χ4v) is 3.92. The van der Waals surface area contributed by atoms with E-state index in [4.69, 9.17) is 4.74 Å². The van der Waals surface area contributed by atoms with Gasteiger partial charge in [0, 0.05) is 12.1 Å². The van der Waals surface area contributed by atoms with Crippen LogP contribution >= 0.6 is 0 Å². The maximum atomic E-state index is 13.2. The normalized spacial score (nSPS) is 14.9. The lowest BCUT2D eigenvalue weighted by Crippen LogP contribution is -2.35. The summed E-state index contributed by atoms with van der Waals surface area (Å²) in [5, 5.41) is 7.78. The van der Waals surface area contributed by atoms with Crippen LogP contribution in [0.5, 0.6) is 5.75 Å². The van der Waals surface area contributed by atoms with Gasteiger partial charge in [-0.1, -0.05) is 48.5 Å². The van der Waals surface area contributed by atoms with Crippen molar-refractivity contribution in [3.8, 4) is 5.75 Å². The second kappa shape index (κ2) is 8.82. The number of amides is 1. The molecule has 3 aromatic carbocycles. The Morgan fingerprint density at radius 1 is 1.06 bits per heavy atom. The zero-order chi connectivity index (χ0) is 22.8. The summed E-state index contributed by atoms with van der Waals surface area (Å²) >= 11 is 0. The highest BCUT2D eigenvalue weighted by molar-refractivity contribution is 5.97. The van der Waals surface area contributed by atoms with Crippen molar-refractivity contribution in [3.63, 3.8) is 0 Å². The lowest BCUT2D eigenvalue weighted by atomic mass is 9.96. The van der Waals surface area contributed by atoms with Crippen LogP contribution < -0.4 is 15.4 Å². The predicted molar refractivity (Wildman–Crippen MR) is 118 cm³/mol. The number of carbonyl (C=O) groups is 1. The minimum atomic E-state index is -4.25. The monoisotopic (exact) mass is 442 g/mol. The second-order valence-corrected chi connectivity index (χ2v) is 8.18. The van der Waals surface area contributed by atoms with E-state index in [0.29, 0.717) is 11.3 Å². The molecule has 1 amide bonds. The molecule has 4 rings (SSSR count). The summed E-state index contributed by atoms with van der Waals surface area (Å²) in [5.41, 5.74) is 2.03. The predicted octanol–water partition coefficient (Wildman–Crippen LogP) is 5.10. The summed E-state index contributed by atoms with van der Waals surface area (Å²) in [7, 11) is 0. The summed E-state index contributed by atoms with van der Waals surface area (Å²) in [6.07, 6.45) is -2.52. The molecule has 1 aliphatic carbocycles. The molecule has 3 aromatic rings. The van der Waals surface area contributed by atoms with Crippen LogP contribution in [0.25, 0.3) is 10.8 Å². The highest BCUT2D eigenvalue weighted by Crippen LogP contribution is 2.48. The average Bonchev–Trinajstić information content (AvgIpc) is 3.53. The van der Waals surface area contributed by atoms with Crippen LogP contribution in [0.3, 0.4) is 0 Å². The summed E-state index contributed by atoms with van der Waals surface area (Å²) in [6.45, 7) is 0.911.